The van der Waals surface area contributed by atoms with Crippen LogP contribution < -0.4 is 5.32 Å². The molecule has 3 heterocycles. The number of hydrogen-bond acceptors (Lipinski definition) is 4. The second-order valence-electron chi connectivity index (χ2n) is 6.23. The van der Waals surface area contributed by atoms with Crippen LogP contribution in [0.25, 0.3) is 27.9 Å². The quantitative estimate of drug-likeness (QED) is 0.493. The maximum absolute atomic E-state index is 12.5. The van der Waals surface area contributed by atoms with E-state index in [2.05, 4.69) is 10.4 Å². The van der Waals surface area contributed by atoms with Crippen LogP contribution in [0.3, 0.4) is 0 Å². The van der Waals surface area contributed by atoms with Crippen LogP contribution in [0.15, 0.2) is 48.5 Å². The standard InChI is InChI=1S/C20H13ClN4OS/c1-11-24-25-17(10-15-14-4-2-3-5-16(14)22-19(15)26)18(23-20(25)27-11)12-6-8-13(21)9-7-12/h2-10H,1H3,(H,22,26)/b15-10+. The van der Waals surface area contributed by atoms with Crippen LogP contribution in [0.2, 0.25) is 5.02 Å². The Bertz CT molecular complexity index is 1240. The Balaban J connectivity index is 1.76. The Labute approximate surface area is 163 Å². The zero-order valence-electron chi connectivity index (χ0n) is 14.2. The van der Waals surface area contributed by atoms with Crippen molar-refractivity contribution in [3.8, 4) is 11.3 Å². The highest BCUT2D eigenvalue weighted by molar-refractivity contribution is 7.16. The Morgan fingerprint density at radius 3 is 2.74 bits per heavy atom. The number of benzene rings is 2. The number of imidazole rings is 1. The van der Waals surface area contributed by atoms with Gasteiger partial charge < -0.3 is 5.32 Å². The van der Waals surface area contributed by atoms with E-state index in [0.717, 1.165) is 38.2 Å². The first-order valence-electron chi connectivity index (χ1n) is 8.35. The number of rotatable bonds is 2. The molecule has 0 atom stereocenters. The molecular weight excluding hydrogens is 380 g/mol. The average Bonchev–Trinajstić information content (AvgIpc) is 3.27. The van der Waals surface area contributed by atoms with Gasteiger partial charge in [-0.25, -0.2) is 9.50 Å². The number of carbonyl (C=O) groups excluding carboxylic acids is 1. The summed E-state index contributed by atoms with van der Waals surface area (Å²) >= 11 is 7.54. The number of fused-ring (bicyclic) bond motifs is 2. The van der Waals surface area contributed by atoms with E-state index >= 15 is 0 Å². The van der Waals surface area contributed by atoms with Gasteiger partial charge in [0.05, 0.1) is 17.0 Å². The molecule has 7 heteroatoms. The van der Waals surface area contributed by atoms with Gasteiger partial charge in [-0.3, -0.25) is 4.79 Å². The summed E-state index contributed by atoms with van der Waals surface area (Å²) in [6.45, 7) is 1.94. The number of para-hydroxylation sites is 1. The summed E-state index contributed by atoms with van der Waals surface area (Å²) in [6, 6.07) is 15.2. The molecule has 27 heavy (non-hydrogen) atoms. The lowest BCUT2D eigenvalue weighted by molar-refractivity contribution is -0.110. The van der Waals surface area contributed by atoms with Crippen LogP contribution in [-0.2, 0) is 4.79 Å². The third-order valence-corrected chi connectivity index (χ3v) is 5.52. The fourth-order valence-corrected chi connectivity index (χ4v) is 4.10. The van der Waals surface area contributed by atoms with Crippen LogP contribution in [0.1, 0.15) is 16.3 Å². The highest BCUT2D eigenvalue weighted by atomic mass is 35.5. The monoisotopic (exact) mass is 392 g/mol. The molecule has 0 unspecified atom stereocenters. The van der Waals surface area contributed by atoms with E-state index in [0.29, 0.717) is 10.6 Å². The first kappa shape index (κ1) is 16.2. The van der Waals surface area contributed by atoms with Crippen LogP contribution in [0.5, 0.6) is 0 Å². The molecule has 1 N–H and O–H groups in total. The van der Waals surface area contributed by atoms with Gasteiger partial charge in [0.25, 0.3) is 5.91 Å². The van der Waals surface area contributed by atoms with Gasteiger partial charge in [-0.05, 0) is 31.2 Å². The molecule has 0 spiro atoms. The summed E-state index contributed by atoms with van der Waals surface area (Å²) in [5, 5.41) is 9.06. The molecule has 5 rings (SSSR count). The maximum atomic E-state index is 12.5. The first-order valence-corrected chi connectivity index (χ1v) is 9.54. The zero-order valence-corrected chi connectivity index (χ0v) is 15.8. The zero-order chi connectivity index (χ0) is 18.5. The Hall–Kier alpha value is -2.96. The van der Waals surface area contributed by atoms with E-state index in [9.17, 15) is 4.79 Å². The molecule has 1 aliphatic heterocycles. The van der Waals surface area contributed by atoms with Gasteiger partial charge in [-0.15, -0.1) is 0 Å². The van der Waals surface area contributed by atoms with Crippen LogP contribution in [0.4, 0.5) is 5.69 Å². The van der Waals surface area contributed by atoms with Crippen molar-refractivity contribution in [1.82, 2.24) is 14.6 Å². The topological polar surface area (TPSA) is 59.3 Å². The van der Waals surface area contributed by atoms with Gasteiger partial charge in [0.2, 0.25) is 4.96 Å². The predicted octanol–water partition coefficient (Wildman–Crippen LogP) is 4.91. The largest absolute Gasteiger partial charge is 0.321 e. The maximum Gasteiger partial charge on any atom is 0.256 e. The number of nitrogens with one attached hydrogen (secondary N) is 1. The molecule has 1 aliphatic rings. The van der Waals surface area contributed by atoms with Crippen LogP contribution in [-0.4, -0.2) is 20.5 Å². The minimum absolute atomic E-state index is 0.125. The number of carbonyl (C=O) groups is 1. The molecule has 4 aromatic rings. The van der Waals surface area contributed by atoms with Gasteiger partial charge in [0.1, 0.15) is 5.01 Å². The number of nitrogens with zero attached hydrogens (tertiary/aromatic N) is 3. The van der Waals surface area contributed by atoms with Crippen molar-refractivity contribution in [1.29, 1.82) is 0 Å². The van der Waals surface area contributed by atoms with Crippen molar-refractivity contribution in [2.75, 3.05) is 5.32 Å². The molecule has 0 saturated heterocycles. The molecule has 0 fully saturated rings. The number of amides is 1. The first-order chi connectivity index (χ1) is 13.1. The number of aromatic nitrogens is 3. The molecule has 5 nitrogen and oxygen atoms in total. The predicted molar refractivity (Wildman–Crippen MR) is 109 cm³/mol. The highest BCUT2D eigenvalue weighted by Gasteiger charge is 2.25. The summed E-state index contributed by atoms with van der Waals surface area (Å²) in [4.78, 5) is 18.1. The van der Waals surface area contributed by atoms with E-state index in [-0.39, 0.29) is 5.91 Å². The number of anilines is 1. The van der Waals surface area contributed by atoms with Crippen LogP contribution in [0, 0.1) is 6.92 Å². The highest BCUT2D eigenvalue weighted by Crippen LogP contribution is 2.35. The van der Waals surface area contributed by atoms with Crippen molar-refractivity contribution in [3.05, 3.63) is 69.8 Å². The van der Waals surface area contributed by atoms with Gasteiger partial charge in [0.15, 0.2) is 0 Å². The lowest BCUT2D eigenvalue weighted by Crippen LogP contribution is -2.04. The normalized spacial score (nSPS) is 14.7. The Kier molecular flexibility index (Phi) is 3.63. The molecule has 2 aromatic carbocycles. The molecular formula is C20H13ClN4OS. The summed E-state index contributed by atoms with van der Waals surface area (Å²) in [5.74, 6) is -0.125. The van der Waals surface area contributed by atoms with E-state index < -0.39 is 0 Å². The summed E-state index contributed by atoms with van der Waals surface area (Å²) in [6.07, 6.45) is 1.87. The Morgan fingerprint density at radius 1 is 1.15 bits per heavy atom. The second-order valence-corrected chi connectivity index (χ2v) is 7.82. The third-order valence-electron chi connectivity index (χ3n) is 4.45. The van der Waals surface area contributed by atoms with Crippen molar-refractivity contribution in [3.63, 3.8) is 0 Å². The summed E-state index contributed by atoms with van der Waals surface area (Å²) < 4.78 is 1.80. The SMILES string of the molecule is Cc1nn2c(/C=C3/C(=O)Nc4ccccc43)c(-c3ccc(Cl)cc3)nc2s1. The van der Waals surface area contributed by atoms with Gasteiger partial charge in [0, 0.05) is 21.8 Å². The fraction of sp³-hybridized carbons (Fsp3) is 0.0500. The second kappa shape index (κ2) is 6.04. The summed E-state index contributed by atoms with van der Waals surface area (Å²) in [7, 11) is 0. The molecule has 132 valence electrons. The summed E-state index contributed by atoms with van der Waals surface area (Å²) in [5.41, 5.74) is 4.78. The van der Waals surface area contributed by atoms with Gasteiger partial charge in [-0.1, -0.05) is 53.3 Å². The van der Waals surface area contributed by atoms with Crippen molar-refractivity contribution < 1.29 is 4.79 Å². The molecule has 0 radical (unpaired) electrons. The number of halogens is 1. The van der Waals surface area contributed by atoms with E-state index in [1.165, 1.54) is 11.3 Å². The molecule has 0 saturated carbocycles. The smallest absolute Gasteiger partial charge is 0.256 e. The van der Waals surface area contributed by atoms with Crippen LogP contribution >= 0.6 is 22.9 Å². The third kappa shape index (κ3) is 2.65. The molecule has 2 aromatic heterocycles. The van der Waals surface area contributed by atoms with Gasteiger partial charge >= 0.3 is 0 Å². The number of hydrogen-bond donors (Lipinski definition) is 1. The minimum Gasteiger partial charge on any atom is -0.321 e. The van der Waals surface area contributed by atoms with E-state index in [1.54, 1.807) is 4.52 Å². The van der Waals surface area contributed by atoms with Crippen molar-refractivity contribution in [2.45, 2.75) is 6.92 Å². The fourth-order valence-electron chi connectivity index (χ4n) is 3.23. The molecule has 1 amide bonds. The van der Waals surface area contributed by atoms with Crippen molar-refractivity contribution in [2.24, 2.45) is 0 Å². The molecule has 0 aliphatic carbocycles. The number of aryl methyl sites for hydroxylation is 1. The lowest BCUT2D eigenvalue weighted by Gasteiger charge is -2.02. The molecule has 0 bridgehead atoms. The van der Waals surface area contributed by atoms with Gasteiger partial charge in [-0.2, -0.15) is 5.10 Å². The van der Waals surface area contributed by atoms with E-state index in [4.69, 9.17) is 16.6 Å². The minimum atomic E-state index is -0.125. The van der Waals surface area contributed by atoms with E-state index in [1.807, 2.05) is 61.5 Å². The lowest BCUT2D eigenvalue weighted by atomic mass is 10.0. The average molecular weight is 393 g/mol. The Morgan fingerprint density at radius 2 is 1.93 bits per heavy atom. The van der Waals surface area contributed by atoms with Crippen molar-refractivity contribution >= 4 is 51.1 Å².